The van der Waals surface area contributed by atoms with Crippen molar-refractivity contribution in [2.75, 3.05) is 0 Å². The standard InChI is InChI=1S/C16H26N2O2/c1-5-6-12(17)15(19)18-13-8-16(3,4)9-14-11(13)7-10(2)20-14/h7,12-13H,5-6,8-9,17H2,1-4H3,(H,18,19)/t12-,13?/m0/s1. The number of amides is 1. The van der Waals surface area contributed by atoms with Gasteiger partial charge in [-0.15, -0.1) is 0 Å². The van der Waals surface area contributed by atoms with Crippen LogP contribution in [0.4, 0.5) is 0 Å². The van der Waals surface area contributed by atoms with Crippen molar-refractivity contribution in [1.82, 2.24) is 5.32 Å². The van der Waals surface area contributed by atoms with Gasteiger partial charge in [-0.25, -0.2) is 0 Å². The number of carbonyl (C=O) groups is 1. The Morgan fingerprint density at radius 2 is 2.30 bits per heavy atom. The molecule has 3 N–H and O–H groups in total. The van der Waals surface area contributed by atoms with E-state index < -0.39 is 6.04 Å². The lowest BCUT2D eigenvalue weighted by molar-refractivity contribution is -0.123. The predicted molar refractivity (Wildman–Crippen MR) is 79.3 cm³/mol. The van der Waals surface area contributed by atoms with Crippen LogP contribution in [0.3, 0.4) is 0 Å². The van der Waals surface area contributed by atoms with E-state index in [2.05, 4.69) is 19.2 Å². The van der Waals surface area contributed by atoms with Gasteiger partial charge in [0.15, 0.2) is 0 Å². The molecule has 4 nitrogen and oxygen atoms in total. The molecule has 1 aromatic rings. The molecule has 0 spiro atoms. The second kappa shape index (κ2) is 5.60. The van der Waals surface area contributed by atoms with Crippen LogP contribution in [-0.2, 0) is 11.2 Å². The van der Waals surface area contributed by atoms with E-state index in [1.807, 2.05) is 19.9 Å². The van der Waals surface area contributed by atoms with Gasteiger partial charge < -0.3 is 15.5 Å². The van der Waals surface area contributed by atoms with E-state index in [9.17, 15) is 4.79 Å². The predicted octanol–water partition coefficient (Wildman–Crippen LogP) is 2.85. The molecule has 0 saturated carbocycles. The second-order valence-electron chi connectivity index (χ2n) is 6.74. The first-order valence-electron chi connectivity index (χ1n) is 7.47. The van der Waals surface area contributed by atoms with E-state index in [0.717, 1.165) is 42.8 Å². The van der Waals surface area contributed by atoms with Gasteiger partial charge in [-0.05, 0) is 31.2 Å². The Hall–Kier alpha value is -1.29. The van der Waals surface area contributed by atoms with E-state index in [4.69, 9.17) is 10.2 Å². The lowest BCUT2D eigenvalue weighted by Crippen LogP contribution is -2.44. The number of hydrogen-bond acceptors (Lipinski definition) is 3. The summed E-state index contributed by atoms with van der Waals surface area (Å²) in [5.41, 5.74) is 7.16. The fourth-order valence-electron chi connectivity index (χ4n) is 3.03. The van der Waals surface area contributed by atoms with Crippen LogP contribution < -0.4 is 11.1 Å². The first-order chi connectivity index (χ1) is 9.32. The van der Waals surface area contributed by atoms with Crippen molar-refractivity contribution in [2.24, 2.45) is 11.1 Å². The topological polar surface area (TPSA) is 68.3 Å². The molecule has 0 bridgehead atoms. The molecular weight excluding hydrogens is 252 g/mol. The van der Waals surface area contributed by atoms with Gasteiger partial charge in [0.1, 0.15) is 11.5 Å². The van der Waals surface area contributed by atoms with Crippen LogP contribution >= 0.6 is 0 Å². The van der Waals surface area contributed by atoms with E-state index in [1.165, 1.54) is 0 Å². The largest absolute Gasteiger partial charge is 0.466 e. The minimum absolute atomic E-state index is 0.0154. The van der Waals surface area contributed by atoms with Crippen LogP contribution in [0.2, 0.25) is 0 Å². The number of rotatable bonds is 4. The normalized spacial score (nSPS) is 22.1. The first-order valence-corrected chi connectivity index (χ1v) is 7.47. The van der Waals surface area contributed by atoms with Gasteiger partial charge in [0, 0.05) is 12.0 Å². The van der Waals surface area contributed by atoms with Crippen LogP contribution in [0.25, 0.3) is 0 Å². The van der Waals surface area contributed by atoms with Gasteiger partial charge >= 0.3 is 0 Å². The van der Waals surface area contributed by atoms with Gasteiger partial charge in [0.05, 0.1) is 12.1 Å². The molecule has 1 aliphatic carbocycles. The minimum Gasteiger partial charge on any atom is -0.466 e. The summed E-state index contributed by atoms with van der Waals surface area (Å²) in [5.74, 6) is 1.86. The number of fused-ring (bicyclic) bond motifs is 1. The number of furan rings is 1. The SMILES string of the molecule is CCC[C@H](N)C(=O)NC1CC(C)(C)Cc2oc(C)cc21. The number of hydrogen-bond donors (Lipinski definition) is 2. The van der Waals surface area contributed by atoms with Gasteiger partial charge in [0.2, 0.25) is 5.91 Å². The van der Waals surface area contributed by atoms with Gasteiger partial charge in [-0.1, -0.05) is 27.2 Å². The minimum atomic E-state index is -0.415. The summed E-state index contributed by atoms with van der Waals surface area (Å²) in [6.07, 6.45) is 3.48. The zero-order valence-corrected chi connectivity index (χ0v) is 13.0. The van der Waals surface area contributed by atoms with Gasteiger partial charge in [0.25, 0.3) is 0 Å². The zero-order valence-electron chi connectivity index (χ0n) is 13.0. The number of aryl methyl sites for hydroxylation is 1. The van der Waals surface area contributed by atoms with E-state index in [-0.39, 0.29) is 17.4 Å². The molecule has 0 fully saturated rings. The number of nitrogens with two attached hydrogens (primary N) is 1. The van der Waals surface area contributed by atoms with Crippen LogP contribution in [0, 0.1) is 12.3 Å². The molecule has 1 heterocycles. The third-order valence-corrected chi connectivity index (χ3v) is 3.99. The summed E-state index contributed by atoms with van der Waals surface area (Å²) < 4.78 is 5.78. The van der Waals surface area contributed by atoms with Gasteiger partial charge in [-0.3, -0.25) is 4.79 Å². The fourth-order valence-corrected chi connectivity index (χ4v) is 3.03. The smallest absolute Gasteiger partial charge is 0.237 e. The van der Waals surface area contributed by atoms with Crippen molar-refractivity contribution >= 4 is 5.91 Å². The Balaban J connectivity index is 2.17. The highest BCUT2D eigenvalue weighted by Crippen LogP contribution is 2.41. The summed E-state index contributed by atoms with van der Waals surface area (Å²) in [7, 11) is 0. The zero-order chi connectivity index (χ0) is 14.9. The molecule has 20 heavy (non-hydrogen) atoms. The Morgan fingerprint density at radius 1 is 1.60 bits per heavy atom. The van der Waals surface area contributed by atoms with Gasteiger partial charge in [-0.2, -0.15) is 0 Å². The monoisotopic (exact) mass is 278 g/mol. The van der Waals surface area contributed by atoms with Crippen molar-refractivity contribution in [3.63, 3.8) is 0 Å². The molecule has 2 rings (SSSR count). The molecule has 2 atom stereocenters. The Bertz CT molecular complexity index is 491. The van der Waals surface area contributed by atoms with Crippen LogP contribution in [0.15, 0.2) is 10.5 Å². The van der Waals surface area contributed by atoms with Crippen LogP contribution in [-0.4, -0.2) is 11.9 Å². The number of carbonyl (C=O) groups excluding carboxylic acids is 1. The fraction of sp³-hybridized carbons (Fsp3) is 0.688. The third-order valence-electron chi connectivity index (χ3n) is 3.99. The molecule has 0 saturated heterocycles. The lowest BCUT2D eigenvalue weighted by Gasteiger charge is -2.35. The molecule has 0 radical (unpaired) electrons. The molecule has 1 amide bonds. The molecule has 4 heteroatoms. The van der Waals surface area contributed by atoms with Crippen LogP contribution in [0.1, 0.15) is 63.2 Å². The maximum absolute atomic E-state index is 12.2. The second-order valence-corrected chi connectivity index (χ2v) is 6.74. The first kappa shape index (κ1) is 15.1. The summed E-state index contributed by atoms with van der Waals surface area (Å²) in [5, 5.41) is 3.10. The Kier molecular flexibility index (Phi) is 4.23. The van der Waals surface area contributed by atoms with Crippen molar-refractivity contribution in [1.29, 1.82) is 0 Å². The average molecular weight is 278 g/mol. The van der Waals surface area contributed by atoms with E-state index >= 15 is 0 Å². The molecule has 0 aliphatic heterocycles. The highest BCUT2D eigenvalue weighted by molar-refractivity contribution is 5.81. The van der Waals surface area contributed by atoms with Crippen molar-refractivity contribution < 1.29 is 9.21 Å². The summed E-state index contributed by atoms with van der Waals surface area (Å²) in [6, 6.07) is 1.64. The van der Waals surface area contributed by atoms with Crippen LogP contribution in [0.5, 0.6) is 0 Å². The van der Waals surface area contributed by atoms with E-state index in [1.54, 1.807) is 0 Å². The lowest BCUT2D eigenvalue weighted by atomic mass is 9.74. The summed E-state index contributed by atoms with van der Waals surface area (Å²) in [4.78, 5) is 12.2. The summed E-state index contributed by atoms with van der Waals surface area (Å²) >= 11 is 0. The molecule has 0 aromatic carbocycles. The molecule has 1 unspecified atom stereocenters. The molecule has 112 valence electrons. The Morgan fingerprint density at radius 3 is 2.95 bits per heavy atom. The molecular formula is C16H26N2O2. The van der Waals surface area contributed by atoms with Crippen molar-refractivity contribution in [3.05, 3.63) is 23.2 Å². The maximum atomic E-state index is 12.2. The third kappa shape index (κ3) is 3.23. The number of nitrogens with one attached hydrogen (secondary N) is 1. The molecule has 1 aliphatic rings. The quantitative estimate of drug-likeness (QED) is 0.890. The highest BCUT2D eigenvalue weighted by Gasteiger charge is 2.36. The van der Waals surface area contributed by atoms with Crippen molar-refractivity contribution in [2.45, 2.75) is 65.5 Å². The highest BCUT2D eigenvalue weighted by atomic mass is 16.3. The average Bonchev–Trinajstić information content (AvgIpc) is 2.68. The van der Waals surface area contributed by atoms with E-state index in [0.29, 0.717) is 0 Å². The van der Waals surface area contributed by atoms with Crippen molar-refractivity contribution in [3.8, 4) is 0 Å². The Labute approximate surface area is 121 Å². The molecule has 1 aromatic heterocycles. The summed E-state index contributed by atoms with van der Waals surface area (Å²) in [6.45, 7) is 8.40. The maximum Gasteiger partial charge on any atom is 0.237 e.